The van der Waals surface area contributed by atoms with Crippen LogP contribution >= 0.6 is 12.2 Å². The number of nitrogens with two attached hydrogens (primary N) is 1. The summed E-state index contributed by atoms with van der Waals surface area (Å²) in [6.07, 6.45) is 0. The van der Waals surface area contributed by atoms with Gasteiger partial charge in [-0.3, -0.25) is 4.79 Å². The summed E-state index contributed by atoms with van der Waals surface area (Å²) in [7, 11) is 0. The molecule has 0 unspecified atom stereocenters. The van der Waals surface area contributed by atoms with Crippen LogP contribution in [-0.2, 0) is 0 Å². The van der Waals surface area contributed by atoms with Crippen molar-refractivity contribution < 1.29 is 13.6 Å². The smallest absolute Gasteiger partial charge is 0.258 e. The molecule has 3 N–H and O–H groups in total. The van der Waals surface area contributed by atoms with Gasteiger partial charge < -0.3 is 11.1 Å². The fourth-order valence-electron chi connectivity index (χ4n) is 1.67. The van der Waals surface area contributed by atoms with E-state index in [1.54, 1.807) is 24.3 Å². The van der Waals surface area contributed by atoms with Crippen molar-refractivity contribution in [1.82, 2.24) is 0 Å². The van der Waals surface area contributed by atoms with Crippen molar-refractivity contribution in [3.63, 3.8) is 0 Å². The van der Waals surface area contributed by atoms with E-state index in [9.17, 15) is 13.6 Å². The van der Waals surface area contributed by atoms with E-state index in [4.69, 9.17) is 18.0 Å². The number of amides is 1. The fraction of sp³-hybridized carbons (Fsp3) is 0. The highest BCUT2D eigenvalue weighted by molar-refractivity contribution is 7.80. The maximum Gasteiger partial charge on any atom is 0.258 e. The Hall–Kier alpha value is -2.34. The molecule has 6 heteroatoms. The summed E-state index contributed by atoms with van der Waals surface area (Å²) in [6.45, 7) is 0. The van der Waals surface area contributed by atoms with Crippen LogP contribution in [0.2, 0.25) is 0 Å². The quantitative estimate of drug-likeness (QED) is 0.855. The number of carbonyl (C=O) groups excluding carboxylic acids is 1. The van der Waals surface area contributed by atoms with Gasteiger partial charge in [0.1, 0.15) is 16.6 Å². The molecule has 0 aliphatic rings. The number of para-hydroxylation sites is 1. The molecule has 0 spiro atoms. The van der Waals surface area contributed by atoms with Crippen molar-refractivity contribution >= 4 is 28.8 Å². The molecule has 102 valence electrons. The third-order valence-electron chi connectivity index (χ3n) is 2.62. The van der Waals surface area contributed by atoms with Gasteiger partial charge in [-0.2, -0.15) is 0 Å². The minimum absolute atomic E-state index is 0.112. The maximum atomic E-state index is 13.5. The number of anilines is 1. The monoisotopic (exact) mass is 292 g/mol. The highest BCUT2D eigenvalue weighted by Gasteiger charge is 2.14. The Kier molecular flexibility index (Phi) is 4.05. The number of hydrogen-bond acceptors (Lipinski definition) is 2. The molecule has 2 aromatic rings. The zero-order chi connectivity index (χ0) is 14.7. The first kappa shape index (κ1) is 14.1. The van der Waals surface area contributed by atoms with Gasteiger partial charge in [-0.05, 0) is 24.3 Å². The zero-order valence-electron chi connectivity index (χ0n) is 10.2. The molecule has 0 fully saturated rings. The normalized spacial score (nSPS) is 10.1. The maximum absolute atomic E-state index is 13.5. The molecule has 0 atom stereocenters. The number of carbonyl (C=O) groups is 1. The molecule has 1 amide bonds. The van der Waals surface area contributed by atoms with Crippen molar-refractivity contribution in [3.8, 4) is 0 Å². The van der Waals surface area contributed by atoms with Gasteiger partial charge in [0.25, 0.3) is 5.91 Å². The number of hydrogen-bond donors (Lipinski definition) is 2. The van der Waals surface area contributed by atoms with Gasteiger partial charge in [-0.25, -0.2) is 8.78 Å². The fourth-order valence-corrected chi connectivity index (χ4v) is 1.85. The molecule has 3 nitrogen and oxygen atoms in total. The third kappa shape index (κ3) is 2.97. The van der Waals surface area contributed by atoms with Gasteiger partial charge >= 0.3 is 0 Å². The van der Waals surface area contributed by atoms with Crippen molar-refractivity contribution in [2.24, 2.45) is 5.73 Å². The van der Waals surface area contributed by atoms with Gasteiger partial charge in [0.2, 0.25) is 0 Å². The molecule has 0 aromatic heterocycles. The lowest BCUT2D eigenvalue weighted by molar-refractivity contribution is 0.102. The second-order valence-electron chi connectivity index (χ2n) is 3.99. The summed E-state index contributed by atoms with van der Waals surface area (Å²) < 4.78 is 26.3. The molecule has 2 aromatic carbocycles. The zero-order valence-corrected chi connectivity index (χ0v) is 11.0. The third-order valence-corrected chi connectivity index (χ3v) is 2.84. The lowest BCUT2D eigenvalue weighted by atomic mass is 10.1. The number of halogens is 2. The number of thiocarbonyl (C=S) groups is 1. The summed E-state index contributed by atoms with van der Waals surface area (Å²) in [5.74, 6) is -2.39. The minimum atomic E-state index is -0.935. The van der Waals surface area contributed by atoms with Gasteiger partial charge in [-0.15, -0.1) is 0 Å². The molecule has 0 heterocycles. The Labute approximate surface area is 119 Å². The van der Waals surface area contributed by atoms with Crippen LogP contribution in [0.5, 0.6) is 0 Å². The average molecular weight is 292 g/mol. The van der Waals surface area contributed by atoms with Crippen LogP contribution in [-0.4, -0.2) is 10.9 Å². The molecular weight excluding hydrogens is 282 g/mol. The lowest BCUT2D eigenvalue weighted by Crippen LogP contribution is -2.18. The van der Waals surface area contributed by atoms with Crippen LogP contribution in [0.25, 0.3) is 0 Å². The van der Waals surface area contributed by atoms with Crippen molar-refractivity contribution in [1.29, 1.82) is 0 Å². The lowest BCUT2D eigenvalue weighted by Gasteiger charge is -2.10. The van der Waals surface area contributed by atoms with E-state index in [0.29, 0.717) is 17.3 Å². The molecule has 0 saturated carbocycles. The van der Waals surface area contributed by atoms with Crippen LogP contribution in [0.15, 0.2) is 42.5 Å². The van der Waals surface area contributed by atoms with E-state index < -0.39 is 17.5 Å². The molecule has 0 saturated heterocycles. The van der Waals surface area contributed by atoms with E-state index in [-0.39, 0.29) is 10.6 Å². The number of rotatable bonds is 3. The Balaban J connectivity index is 2.30. The Morgan fingerprint density at radius 3 is 2.45 bits per heavy atom. The van der Waals surface area contributed by atoms with Crippen LogP contribution in [0.3, 0.4) is 0 Å². The van der Waals surface area contributed by atoms with E-state index >= 15 is 0 Å². The van der Waals surface area contributed by atoms with Crippen LogP contribution in [0.4, 0.5) is 14.5 Å². The van der Waals surface area contributed by atoms with Crippen LogP contribution in [0.1, 0.15) is 15.9 Å². The number of benzene rings is 2. The second kappa shape index (κ2) is 5.75. The van der Waals surface area contributed by atoms with Gasteiger partial charge in [-0.1, -0.05) is 24.4 Å². The van der Waals surface area contributed by atoms with Gasteiger partial charge in [0.05, 0.1) is 11.3 Å². The van der Waals surface area contributed by atoms with E-state index in [1.165, 1.54) is 0 Å². The topological polar surface area (TPSA) is 55.1 Å². The van der Waals surface area contributed by atoms with Gasteiger partial charge in [0.15, 0.2) is 0 Å². The van der Waals surface area contributed by atoms with Crippen LogP contribution < -0.4 is 11.1 Å². The molecule has 0 bridgehead atoms. The Morgan fingerprint density at radius 2 is 1.80 bits per heavy atom. The SMILES string of the molecule is NC(=S)c1ccccc1NC(=O)c1ccc(F)cc1F. The van der Waals surface area contributed by atoms with Gasteiger partial charge in [0, 0.05) is 11.6 Å². The van der Waals surface area contributed by atoms with E-state index in [1.807, 2.05) is 0 Å². The molecule has 20 heavy (non-hydrogen) atoms. The molecule has 0 aliphatic carbocycles. The van der Waals surface area contributed by atoms with Crippen molar-refractivity contribution in [2.45, 2.75) is 0 Å². The summed E-state index contributed by atoms with van der Waals surface area (Å²) in [5.41, 5.74) is 6.12. The largest absolute Gasteiger partial charge is 0.389 e. The first-order chi connectivity index (χ1) is 9.49. The Bertz CT molecular complexity index is 689. The predicted octanol–water partition coefficient (Wildman–Crippen LogP) is 2.85. The molecule has 2 rings (SSSR count). The van der Waals surface area contributed by atoms with E-state index in [2.05, 4.69) is 5.32 Å². The van der Waals surface area contributed by atoms with Crippen molar-refractivity contribution in [2.75, 3.05) is 5.32 Å². The summed E-state index contributed by atoms with van der Waals surface area (Å²) in [5, 5.41) is 2.50. The van der Waals surface area contributed by atoms with Crippen molar-refractivity contribution in [3.05, 3.63) is 65.2 Å². The first-order valence-corrected chi connectivity index (χ1v) is 6.05. The molecule has 0 radical (unpaired) electrons. The molecular formula is C14H10F2N2OS. The Morgan fingerprint density at radius 1 is 1.10 bits per heavy atom. The standard InChI is InChI=1S/C14H10F2N2OS/c15-8-5-6-9(11(16)7-8)14(19)18-12-4-2-1-3-10(12)13(17)20/h1-7H,(H2,17,20)(H,18,19). The summed E-state index contributed by atoms with van der Waals surface area (Å²) in [4.78, 5) is 12.1. The van der Waals surface area contributed by atoms with Crippen LogP contribution in [0, 0.1) is 11.6 Å². The first-order valence-electron chi connectivity index (χ1n) is 5.64. The minimum Gasteiger partial charge on any atom is -0.389 e. The summed E-state index contributed by atoms with van der Waals surface area (Å²) >= 11 is 4.86. The highest BCUT2D eigenvalue weighted by atomic mass is 32.1. The second-order valence-corrected chi connectivity index (χ2v) is 4.43. The van der Waals surface area contributed by atoms with E-state index in [0.717, 1.165) is 12.1 Å². The summed E-state index contributed by atoms with van der Waals surface area (Å²) in [6, 6.07) is 9.35. The highest BCUT2D eigenvalue weighted by Crippen LogP contribution is 2.17. The molecule has 0 aliphatic heterocycles. The number of nitrogens with one attached hydrogen (secondary N) is 1. The predicted molar refractivity (Wildman–Crippen MR) is 76.6 cm³/mol. The average Bonchev–Trinajstić information content (AvgIpc) is 2.38.